The van der Waals surface area contributed by atoms with E-state index in [1.165, 1.54) is 6.07 Å². The molecule has 132 valence electrons. The zero-order valence-corrected chi connectivity index (χ0v) is 13.5. The fourth-order valence-corrected chi connectivity index (χ4v) is 3.15. The van der Waals surface area contributed by atoms with Crippen LogP contribution in [0.15, 0.2) is 18.2 Å². The van der Waals surface area contributed by atoms with Crippen LogP contribution in [0.2, 0.25) is 0 Å². The summed E-state index contributed by atoms with van der Waals surface area (Å²) in [6.07, 6.45) is 2.24. The highest BCUT2D eigenvalue weighted by atomic mass is 19.2. The van der Waals surface area contributed by atoms with Gasteiger partial charge in [0.2, 0.25) is 5.91 Å². The van der Waals surface area contributed by atoms with Crippen molar-refractivity contribution in [1.82, 2.24) is 4.90 Å². The topological polar surface area (TPSA) is 50.8 Å². The number of hydrogen-bond acceptors (Lipinski definition) is 4. The molecule has 5 nitrogen and oxygen atoms in total. The van der Waals surface area contributed by atoms with Gasteiger partial charge in [0.25, 0.3) is 0 Å². The highest BCUT2D eigenvalue weighted by Gasteiger charge is 2.30. The van der Waals surface area contributed by atoms with Crippen LogP contribution in [0.4, 0.5) is 14.5 Å². The van der Waals surface area contributed by atoms with Crippen LogP contribution in [0.25, 0.3) is 0 Å². The second-order valence-electron chi connectivity index (χ2n) is 6.22. The molecule has 1 amide bonds. The highest BCUT2D eigenvalue weighted by molar-refractivity contribution is 5.90. The van der Waals surface area contributed by atoms with Crippen molar-refractivity contribution in [1.29, 1.82) is 0 Å². The number of piperidine rings is 1. The third kappa shape index (κ3) is 4.49. The summed E-state index contributed by atoms with van der Waals surface area (Å²) >= 11 is 0. The van der Waals surface area contributed by atoms with E-state index < -0.39 is 11.6 Å². The lowest BCUT2D eigenvalue weighted by atomic mass is 9.96. The Bertz CT molecular complexity index is 571. The summed E-state index contributed by atoms with van der Waals surface area (Å²) in [6, 6.07) is 3.34. The van der Waals surface area contributed by atoms with E-state index in [4.69, 9.17) is 9.47 Å². The van der Waals surface area contributed by atoms with E-state index in [1.807, 2.05) is 0 Å². The van der Waals surface area contributed by atoms with Crippen molar-refractivity contribution in [2.24, 2.45) is 5.92 Å². The lowest BCUT2D eigenvalue weighted by molar-refractivity contribution is -0.117. The predicted molar refractivity (Wildman–Crippen MR) is 84.5 cm³/mol. The Morgan fingerprint density at radius 3 is 2.54 bits per heavy atom. The normalized spacial score (nSPS) is 20.4. The average Bonchev–Trinajstić information content (AvgIpc) is 3.11. The molecule has 2 saturated heterocycles. The number of benzene rings is 1. The number of amides is 1. The summed E-state index contributed by atoms with van der Waals surface area (Å²) < 4.78 is 37.1. The first-order valence-electron chi connectivity index (χ1n) is 8.32. The molecule has 1 aromatic carbocycles. The number of rotatable bonds is 5. The van der Waals surface area contributed by atoms with Gasteiger partial charge in [-0.1, -0.05) is 0 Å². The Morgan fingerprint density at radius 1 is 1.17 bits per heavy atom. The van der Waals surface area contributed by atoms with Crippen molar-refractivity contribution in [3.63, 3.8) is 0 Å². The molecular weight excluding hydrogens is 318 g/mol. The maximum atomic E-state index is 13.1. The van der Waals surface area contributed by atoms with Crippen LogP contribution in [0, 0.1) is 17.6 Å². The van der Waals surface area contributed by atoms with Gasteiger partial charge >= 0.3 is 0 Å². The number of nitrogens with one attached hydrogen (secondary N) is 1. The van der Waals surface area contributed by atoms with Gasteiger partial charge in [0.15, 0.2) is 17.9 Å². The van der Waals surface area contributed by atoms with Crippen LogP contribution in [0.3, 0.4) is 0 Å². The molecule has 2 aliphatic rings. The van der Waals surface area contributed by atoms with Crippen LogP contribution in [0.1, 0.15) is 19.3 Å². The highest BCUT2D eigenvalue weighted by Crippen LogP contribution is 2.25. The van der Waals surface area contributed by atoms with E-state index in [9.17, 15) is 13.6 Å². The maximum absolute atomic E-state index is 13.1. The van der Waals surface area contributed by atoms with Crippen molar-refractivity contribution in [2.75, 3.05) is 38.2 Å². The molecular formula is C17H22F2N2O3. The van der Waals surface area contributed by atoms with Crippen molar-refractivity contribution in [2.45, 2.75) is 25.6 Å². The third-order valence-electron chi connectivity index (χ3n) is 4.52. The molecule has 1 aromatic rings. The Hall–Kier alpha value is -1.57. The van der Waals surface area contributed by atoms with Crippen LogP contribution in [0.5, 0.6) is 0 Å². The van der Waals surface area contributed by atoms with E-state index in [-0.39, 0.29) is 17.9 Å². The Balaban J connectivity index is 1.38. The molecule has 1 N–H and O–H groups in total. The molecule has 0 aromatic heterocycles. The predicted octanol–water partition coefficient (Wildman–Crippen LogP) is 2.38. The Labute approximate surface area is 139 Å². The van der Waals surface area contributed by atoms with Gasteiger partial charge < -0.3 is 19.7 Å². The Kier molecular flexibility index (Phi) is 5.76. The summed E-state index contributed by atoms with van der Waals surface area (Å²) in [7, 11) is 0. The van der Waals surface area contributed by atoms with Crippen LogP contribution < -0.4 is 5.32 Å². The molecule has 0 spiro atoms. The lowest BCUT2D eigenvalue weighted by Gasteiger charge is -2.33. The smallest absolute Gasteiger partial charge is 0.225 e. The molecule has 0 unspecified atom stereocenters. The van der Waals surface area contributed by atoms with E-state index in [0.29, 0.717) is 32.1 Å². The van der Waals surface area contributed by atoms with Gasteiger partial charge in [-0.15, -0.1) is 0 Å². The van der Waals surface area contributed by atoms with Crippen molar-refractivity contribution in [3.05, 3.63) is 29.8 Å². The molecule has 0 bridgehead atoms. The average molecular weight is 340 g/mol. The molecule has 0 atom stereocenters. The maximum Gasteiger partial charge on any atom is 0.225 e. The standard InChI is InChI=1S/C17H22F2N2O3/c18-14-2-1-13(11-15(14)19)20-16(22)5-8-21-6-3-12(4-7-21)17-23-9-10-24-17/h1-2,11-12,17H,3-10H2,(H,20,22). The second kappa shape index (κ2) is 8.00. The largest absolute Gasteiger partial charge is 0.350 e. The number of anilines is 1. The van der Waals surface area contributed by atoms with E-state index in [0.717, 1.165) is 38.1 Å². The van der Waals surface area contributed by atoms with Gasteiger partial charge in [0.1, 0.15) is 0 Å². The first kappa shape index (κ1) is 17.3. The number of hydrogen-bond donors (Lipinski definition) is 1. The van der Waals surface area contributed by atoms with Gasteiger partial charge in [-0.2, -0.15) is 0 Å². The van der Waals surface area contributed by atoms with E-state index in [2.05, 4.69) is 10.2 Å². The molecule has 2 fully saturated rings. The van der Waals surface area contributed by atoms with E-state index >= 15 is 0 Å². The number of carbonyl (C=O) groups is 1. The van der Waals surface area contributed by atoms with Gasteiger partial charge in [-0.25, -0.2) is 8.78 Å². The summed E-state index contributed by atoms with van der Waals surface area (Å²) in [5.74, 6) is -1.66. The van der Waals surface area contributed by atoms with Crippen LogP contribution in [-0.4, -0.2) is 49.9 Å². The fraction of sp³-hybridized carbons (Fsp3) is 0.588. The quantitative estimate of drug-likeness (QED) is 0.894. The number of halogens is 2. The van der Waals surface area contributed by atoms with Crippen molar-refractivity contribution in [3.8, 4) is 0 Å². The van der Waals surface area contributed by atoms with E-state index in [1.54, 1.807) is 0 Å². The molecule has 2 heterocycles. The van der Waals surface area contributed by atoms with Gasteiger partial charge in [0, 0.05) is 30.6 Å². The summed E-state index contributed by atoms with van der Waals surface area (Å²) in [4.78, 5) is 14.2. The number of carbonyl (C=O) groups excluding carboxylic acids is 1. The second-order valence-corrected chi connectivity index (χ2v) is 6.22. The third-order valence-corrected chi connectivity index (χ3v) is 4.52. The fourth-order valence-electron chi connectivity index (χ4n) is 3.15. The molecule has 7 heteroatoms. The first-order valence-corrected chi connectivity index (χ1v) is 8.32. The first-order chi connectivity index (χ1) is 11.6. The minimum atomic E-state index is -0.966. The molecule has 2 aliphatic heterocycles. The Morgan fingerprint density at radius 2 is 1.88 bits per heavy atom. The van der Waals surface area contributed by atoms with Gasteiger partial charge in [0.05, 0.1) is 13.2 Å². The van der Waals surface area contributed by atoms with Crippen molar-refractivity contribution < 1.29 is 23.0 Å². The number of likely N-dealkylation sites (tertiary alicyclic amines) is 1. The SMILES string of the molecule is O=C(CCN1CCC(C2OCCO2)CC1)Nc1ccc(F)c(F)c1. The van der Waals surface area contributed by atoms with Crippen molar-refractivity contribution >= 4 is 11.6 Å². The summed E-state index contributed by atoms with van der Waals surface area (Å²) in [6.45, 7) is 3.82. The summed E-state index contributed by atoms with van der Waals surface area (Å²) in [5.41, 5.74) is 0.271. The minimum absolute atomic E-state index is 0.0659. The zero-order valence-electron chi connectivity index (χ0n) is 13.5. The monoisotopic (exact) mass is 340 g/mol. The lowest BCUT2D eigenvalue weighted by Crippen LogP contribution is -2.39. The molecule has 3 rings (SSSR count). The number of nitrogens with zero attached hydrogens (tertiary/aromatic N) is 1. The zero-order chi connectivity index (χ0) is 16.9. The number of ether oxygens (including phenoxy) is 2. The van der Waals surface area contributed by atoms with Gasteiger partial charge in [-0.3, -0.25) is 4.79 Å². The molecule has 0 aliphatic carbocycles. The minimum Gasteiger partial charge on any atom is -0.350 e. The van der Waals surface area contributed by atoms with Crippen LogP contribution >= 0.6 is 0 Å². The molecule has 0 radical (unpaired) electrons. The summed E-state index contributed by atoms with van der Waals surface area (Å²) in [5, 5.41) is 2.59. The molecule has 0 saturated carbocycles. The van der Waals surface area contributed by atoms with Gasteiger partial charge in [-0.05, 0) is 38.1 Å². The van der Waals surface area contributed by atoms with Crippen LogP contribution in [-0.2, 0) is 14.3 Å². The molecule has 24 heavy (non-hydrogen) atoms.